The molecule has 0 radical (unpaired) electrons. The first-order valence-electron chi connectivity index (χ1n) is 17.7. The Bertz CT molecular complexity index is 2980. The summed E-state index contributed by atoms with van der Waals surface area (Å²) in [4.78, 5) is 0. The molecule has 8 aromatic carbocycles. The average Bonchev–Trinajstić information content (AvgIpc) is 3.83. The quantitative estimate of drug-likeness (QED) is 0.178. The SMILES string of the molecule is CC1(C)c2ccccc2-c2cc3oc4ccc(-c5ccc(-c6c7ccccc7c(-c7coc8ccccc78)c7ccccc67)cc5)cc4c3cc21. The van der Waals surface area contributed by atoms with E-state index >= 15 is 0 Å². The van der Waals surface area contributed by atoms with Crippen molar-refractivity contribution in [1.29, 1.82) is 0 Å². The van der Waals surface area contributed by atoms with Gasteiger partial charge in [-0.25, -0.2) is 0 Å². The molecule has 0 saturated heterocycles. The fourth-order valence-corrected chi connectivity index (χ4v) is 8.88. The molecular formula is C49H32O2. The van der Waals surface area contributed by atoms with Gasteiger partial charge in [0.05, 0.1) is 6.26 Å². The fourth-order valence-electron chi connectivity index (χ4n) is 8.88. The van der Waals surface area contributed by atoms with E-state index in [0.29, 0.717) is 0 Å². The Hall–Kier alpha value is -6.38. The monoisotopic (exact) mass is 652 g/mol. The molecule has 0 spiro atoms. The summed E-state index contributed by atoms with van der Waals surface area (Å²) >= 11 is 0. The second-order valence-corrected chi connectivity index (χ2v) is 14.4. The van der Waals surface area contributed by atoms with Crippen molar-refractivity contribution in [1.82, 2.24) is 0 Å². The number of fused-ring (bicyclic) bond motifs is 9. The molecular weight excluding hydrogens is 621 g/mol. The first kappa shape index (κ1) is 28.5. The van der Waals surface area contributed by atoms with Gasteiger partial charge in [0.15, 0.2) is 0 Å². The molecule has 0 amide bonds. The van der Waals surface area contributed by atoms with Gasteiger partial charge in [-0.2, -0.15) is 0 Å². The maximum absolute atomic E-state index is 6.46. The van der Waals surface area contributed by atoms with Crippen molar-refractivity contribution >= 4 is 54.5 Å². The van der Waals surface area contributed by atoms with Crippen molar-refractivity contribution in [2.24, 2.45) is 0 Å². The van der Waals surface area contributed by atoms with E-state index in [1.165, 1.54) is 77.0 Å². The zero-order chi connectivity index (χ0) is 33.8. The minimum atomic E-state index is -0.0595. The highest BCUT2D eigenvalue weighted by Crippen LogP contribution is 2.51. The van der Waals surface area contributed by atoms with Crippen LogP contribution >= 0.6 is 0 Å². The lowest BCUT2D eigenvalue weighted by Crippen LogP contribution is -2.14. The van der Waals surface area contributed by atoms with E-state index in [4.69, 9.17) is 8.83 Å². The van der Waals surface area contributed by atoms with Gasteiger partial charge >= 0.3 is 0 Å². The molecule has 0 saturated carbocycles. The minimum Gasteiger partial charge on any atom is -0.464 e. The van der Waals surface area contributed by atoms with Crippen molar-refractivity contribution < 1.29 is 8.83 Å². The van der Waals surface area contributed by atoms with Gasteiger partial charge in [-0.05, 0) is 96.4 Å². The summed E-state index contributed by atoms with van der Waals surface area (Å²) in [6, 6.07) is 55.0. The predicted octanol–water partition coefficient (Wildman–Crippen LogP) is 13.9. The van der Waals surface area contributed by atoms with Crippen LogP contribution in [-0.2, 0) is 5.41 Å². The predicted molar refractivity (Wildman–Crippen MR) is 212 cm³/mol. The number of hydrogen-bond acceptors (Lipinski definition) is 2. The van der Waals surface area contributed by atoms with Crippen LogP contribution in [-0.4, -0.2) is 0 Å². The molecule has 2 nitrogen and oxygen atoms in total. The van der Waals surface area contributed by atoms with Crippen LogP contribution in [0.2, 0.25) is 0 Å². The summed E-state index contributed by atoms with van der Waals surface area (Å²) in [6.45, 7) is 4.66. The van der Waals surface area contributed by atoms with Crippen LogP contribution in [0.15, 0.2) is 167 Å². The molecule has 240 valence electrons. The van der Waals surface area contributed by atoms with E-state index in [-0.39, 0.29) is 5.41 Å². The van der Waals surface area contributed by atoms with Crippen LogP contribution in [0.5, 0.6) is 0 Å². The fraction of sp³-hybridized carbons (Fsp3) is 0.0612. The van der Waals surface area contributed by atoms with E-state index in [2.05, 4.69) is 153 Å². The van der Waals surface area contributed by atoms with Crippen LogP contribution in [0.4, 0.5) is 0 Å². The zero-order valence-electron chi connectivity index (χ0n) is 28.3. The van der Waals surface area contributed by atoms with E-state index in [9.17, 15) is 0 Å². The number of hydrogen-bond donors (Lipinski definition) is 0. The maximum atomic E-state index is 6.46. The molecule has 2 heterocycles. The van der Waals surface area contributed by atoms with E-state index in [0.717, 1.165) is 33.1 Å². The Kier molecular flexibility index (Phi) is 5.76. The van der Waals surface area contributed by atoms with Crippen molar-refractivity contribution in [3.05, 3.63) is 169 Å². The molecule has 1 aliphatic rings. The topological polar surface area (TPSA) is 26.3 Å². The molecule has 10 aromatic rings. The van der Waals surface area contributed by atoms with Gasteiger partial charge in [-0.3, -0.25) is 0 Å². The van der Waals surface area contributed by atoms with Gasteiger partial charge in [-0.1, -0.05) is 135 Å². The van der Waals surface area contributed by atoms with Crippen molar-refractivity contribution in [3.63, 3.8) is 0 Å². The van der Waals surface area contributed by atoms with Gasteiger partial charge in [0, 0.05) is 32.7 Å². The largest absolute Gasteiger partial charge is 0.464 e. The third-order valence-electron chi connectivity index (χ3n) is 11.4. The van der Waals surface area contributed by atoms with Crippen molar-refractivity contribution in [2.45, 2.75) is 19.3 Å². The first-order chi connectivity index (χ1) is 25.0. The highest BCUT2D eigenvalue weighted by atomic mass is 16.3. The van der Waals surface area contributed by atoms with Crippen LogP contribution in [0.3, 0.4) is 0 Å². The molecule has 2 aromatic heterocycles. The normalized spacial score (nSPS) is 13.5. The molecule has 0 bridgehead atoms. The number of furan rings is 2. The second-order valence-electron chi connectivity index (χ2n) is 14.4. The molecule has 0 N–H and O–H groups in total. The number of rotatable bonds is 3. The highest BCUT2D eigenvalue weighted by molar-refractivity contribution is 6.23. The van der Waals surface area contributed by atoms with Crippen LogP contribution < -0.4 is 0 Å². The third kappa shape index (κ3) is 3.99. The third-order valence-corrected chi connectivity index (χ3v) is 11.4. The van der Waals surface area contributed by atoms with Gasteiger partial charge in [-0.15, -0.1) is 0 Å². The van der Waals surface area contributed by atoms with E-state index < -0.39 is 0 Å². The van der Waals surface area contributed by atoms with E-state index in [1.807, 2.05) is 18.4 Å². The highest BCUT2D eigenvalue weighted by Gasteiger charge is 2.36. The van der Waals surface area contributed by atoms with E-state index in [1.54, 1.807) is 0 Å². The van der Waals surface area contributed by atoms with Crippen LogP contribution in [0.1, 0.15) is 25.0 Å². The Balaban J connectivity index is 1.05. The van der Waals surface area contributed by atoms with Gasteiger partial charge in [0.1, 0.15) is 16.7 Å². The molecule has 0 aliphatic heterocycles. The summed E-state index contributed by atoms with van der Waals surface area (Å²) < 4.78 is 12.5. The molecule has 2 heteroatoms. The molecule has 11 rings (SSSR count). The number of para-hydroxylation sites is 1. The molecule has 0 unspecified atom stereocenters. The van der Waals surface area contributed by atoms with Gasteiger partial charge in [0.2, 0.25) is 0 Å². The molecule has 51 heavy (non-hydrogen) atoms. The lowest BCUT2D eigenvalue weighted by Gasteiger charge is -2.21. The minimum absolute atomic E-state index is 0.0595. The average molecular weight is 653 g/mol. The lowest BCUT2D eigenvalue weighted by molar-refractivity contribution is 0.617. The summed E-state index contributed by atoms with van der Waals surface area (Å²) in [5, 5.41) is 8.35. The molecule has 1 aliphatic carbocycles. The maximum Gasteiger partial charge on any atom is 0.136 e. The van der Waals surface area contributed by atoms with Gasteiger partial charge in [0.25, 0.3) is 0 Å². The van der Waals surface area contributed by atoms with Crippen LogP contribution in [0, 0.1) is 0 Å². The molecule has 0 fully saturated rings. The van der Waals surface area contributed by atoms with Crippen LogP contribution in [0.25, 0.3) is 99.0 Å². The van der Waals surface area contributed by atoms with Gasteiger partial charge < -0.3 is 8.83 Å². The molecule has 0 atom stereocenters. The standard InChI is InChI=1S/C49H32O2/c1-49(2)42-17-9-7-11-32(42)38-27-46-40(26-43(38)49)39-25-31(23-24-45(39)51-46)29-19-21-30(22-20-29)47-34-13-3-5-15-36(34)48(37-16-6-4-14-35(37)47)41-28-50-44-18-10-8-12-33(41)44/h3-28H,1-2H3. The summed E-state index contributed by atoms with van der Waals surface area (Å²) in [7, 11) is 0. The summed E-state index contributed by atoms with van der Waals surface area (Å²) in [6.07, 6.45) is 1.92. The Morgan fingerprint density at radius 2 is 0.961 bits per heavy atom. The Morgan fingerprint density at radius 1 is 0.373 bits per heavy atom. The Labute approximate surface area is 295 Å². The Morgan fingerprint density at radius 3 is 1.71 bits per heavy atom. The summed E-state index contributed by atoms with van der Waals surface area (Å²) in [5.74, 6) is 0. The summed E-state index contributed by atoms with van der Waals surface area (Å²) in [5.41, 5.74) is 15.2. The second kappa shape index (κ2) is 10.3. The zero-order valence-corrected chi connectivity index (χ0v) is 28.3. The smallest absolute Gasteiger partial charge is 0.136 e. The van der Waals surface area contributed by atoms with Crippen molar-refractivity contribution in [2.75, 3.05) is 0 Å². The first-order valence-corrected chi connectivity index (χ1v) is 17.7. The number of benzene rings is 8. The van der Waals surface area contributed by atoms with Crippen molar-refractivity contribution in [3.8, 4) is 44.5 Å². The lowest BCUT2D eigenvalue weighted by atomic mass is 9.82.